The molecular weight excluding hydrogens is 566 g/mol. The number of hydrogen-bond donors (Lipinski definition) is 0. The number of allylic oxidation sites excluding steroid dienone is 1. The van der Waals surface area contributed by atoms with E-state index in [1.807, 2.05) is 38.1 Å². The van der Waals surface area contributed by atoms with E-state index in [-0.39, 0.29) is 17.9 Å². The zero-order chi connectivity index (χ0) is 30.8. The number of nitro benzene ring substituents is 1. The molecule has 0 saturated heterocycles. The van der Waals surface area contributed by atoms with Crippen molar-refractivity contribution >= 4 is 29.1 Å². The summed E-state index contributed by atoms with van der Waals surface area (Å²) < 4.78 is 13.5. The number of rotatable bonds is 9. The first kappa shape index (κ1) is 29.9. The Morgan fingerprint density at radius 2 is 1.91 bits per heavy atom. The normalized spacial score (nSPS) is 15.0. The number of non-ortho nitro benzene ring substituents is 1. The standard InChI is InChI=1S/C33H33N3O6S/c1-6-8-26-29(32(38)41-7-2)30(22-12-10-21(11-13-22)19(3)4)35-31(37)28(43-33(35)34-26)18-24-15-16-27(42-24)25-17-23(36(39)40)14-9-20(25)5/h9-19,30H,6-8H2,1-5H3/b28-18-/t30-/m1/s1. The van der Waals surface area contributed by atoms with E-state index >= 15 is 0 Å². The van der Waals surface area contributed by atoms with Gasteiger partial charge in [0.2, 0.25) is 0 Å². The van der Waals surface area contributed by atoms with E-state index in [2.05, 4.69) is 13.8 Å². The summed E-state index contributed by atoms with van der Waals surface area (Å²) in [4.78, 5) is 43.5. The molecule has 3 heterocycles. The van der Waals surface area contributed by atoms with Crippen molar-refractivity contribution in [3.05, 3.63) is 118 Å². The minimum Gasteiger partial charge on any atom is -0.463 e. The highest BCUT2D eigenvalue weighted by molar-refractivity contribution is 7.07. The molecule has 1 atom stereocenters. The lowest BCUT2D eigenvalue weighted by Gasteiger charge is -2.26. The summed E-state index contributed by atoms with van der Waals surface area (Å²) in [6, 6.07) is 15.3. The molecule has 2 aromatic heterocycles. The van der Waals surface area contributed by atoms with Crippen LogP contribution in [0.3, 0.4) is 0 Å². The summed E-state index contributed by atoms with van der Waals surface area (Å²) in [7, 11) is 0. The summed E-state index contributed by atoms with van der Waals surface area (Å²) in [5.74, 6) is 0.723. The first-order valence-corrected chi connectivity index (χ1v) is 15.1. The highest BCUT2D eigenvalue weighted by atomic mass is 32.1. The van der Waals surface area contributed by atoms with Crippen LogP contribution in [0.25, 0.3) is 17.4 Å². The number of fused-ring (bicyclic) bond motifs is 1. The fourth-order valence-electron chi connectivity index (χ4n) is 5.19. The van der Waals surface area contributed by atoms with Crippen molar-refractivity contribution in [2.45, 2.75) is 59.4 Å². The Hall–Kier alpha value is -4.57. The molecule has 10 heteroatoms. The van der Waals surface area contributed by atoms with Gasteiger partial charge in [-0.05, 0) is 55.0 Å². The molecule has 0 spiro atoms. The van der Waals surface area contributed by atoms with Gasteiger partial charge in [-0.3, -0.25) is 19.5 Å². The summed E-state index contributed by atoms with van der Waals surface area (Å²) >= 11 is 1.23. The smallest absolute Gasteiger partial charge is 0.338 e. The van der Waals surface area contributed by atoms with Crippen LogP contribution in [0.4, 0.5) is 5.69 Å². The molecular formula is C33H33N3O6S. The number of ether oxygens (including phenoxy) is 1. The van der Waals surface area contributed by atoms with E-state index in [1.165, 1.54) is 23.5 Å². The number of hydrogen-bond acceptors (Lipinski definition) is 8. The third-order valence-corrected chi connectivity index (χ3v) is 8.39. The molecule has 0 radical (unpaired) electrons. The fourth-order valence-corrected chi connectivity index (χ4v) is 6.19. The number of carbonyl (C=O) groups excluding carboxylic acids is 1. The summed E-state index contributed by atoms with van der Waals surface area (Å²) in [5.41, 5.74) is 4.03. The Bertz CT molecular complexity index is 1910. The monoisotopic (exact) mass is 599 g/mol. The zero-order valence-corrected chi connectivity index (χ0v) is 25.6. The van der Waals surface area contributed by atoms with Gasteiger partial charge < -0.3 is 9.15 Å². The molecule has 2 aromatic carbocycles. The largest absolute Gasteiger partial charge is 0.463 e. The number of benzene rings is 2. The topological polar surface area (TPSA) is 117 Å². The van der Waals surface area contributed by atoms with Crippen LogP contribution in [0.15, 0.2) is 80.1 Å². The Labute approximate surface area is 252 Å². The third kappa shape index (κ3) is 5.87. The second-order valence-corrected chi connectivity index (χ2v) is 11.7. The van der Waals surface area contributed by atoms with Gasteiger partial charge in [0, 0.05) is 23.8 Å². The van der Waals surface area contributed by atoms with E-state index in [0.29, 0.717) is 50.0 Å². The summed E-state index contributed by atoms with van der Waals surface area (Å²) in [6.45, 7) is 10.1. The number of aromatic nitrogens is 1. The van der Waals surface area contributed by atoms with Crippen molar-refractivity contribution in [2.24, 2.45) is 4.99 Å². The fraction of sp³-hybridized carbons (Fsp3) is 0.303. The van der Waals surface area contributed by atoms with Crippen LogP contribution in [-0.2, 0) is 9.53 Å². The van der Waals surface area contributed by atoms with Crippen LogP contribution in [0, 0.1) is 17.0 Å². The maximum absolute atomic E-state index is 14.0. The molecule has 1 aliphatic heterocycles. The molecule has 0 fully saturated rings. The van der Waals surface area contributed by atoms with E-state index in [9.17, 15) is 19.7 Å². The highest BCUT2D eigenvalue weighted by Crippen LogP contribution is 2.33. The van der Waals surface area contributed by atoms with Gasteiger partial charge in [-0.15, -0.1) is 0 Å². The number of carbonyl (C=O) groups is 1. The average Bonchev–Trinajstić information content (AvgIpc) is 3.56. The van der Waals surface area contributed by atoms with Crippen LogP contribution in [0.2, 0.25) is 0 Å². The molecule has 222 valence electrons. The minimum atomic E-state index is -0.695. The molecule has 0 aliphatic carbocycles. The van der Waals surface area contributed by atoms with Gasteiger partial charge in [-0.2, -0.15) is 0 Å². The van der Waals surface area contributed by atoms with Gasteiger partial charge in [-0.25, -0.2) is 9.79 Å². The van der Waals surface area contributed by atoms with Gasteiger partial charge in [0.1, 0.15) is 11.5 Å². The molecule has 1 aliphatic rings. The maximum atomic E-state index is 14.0. The van der Waals surface area contributed by atoms with Crippen molar-refractivity contribution in [1.29, 1.82) is 0 Å². The zero-order valence-electron chi connectivity index (χ0n) is 24.7. The summed E-state index contributed by atoms with van der Waals surface area (Å²) in [6.07, 6.45) is 2.97. The average molecular weight is 600 g/mol. The number of nitrogens with zero attached hydrogens (tertiary/aromatic N) is 3. The number of furan rings is 1. The second kappa shape index (κ2) is 12.3. The van der Waals surface area contributed by atoms with Gasteiger partial charge in [0.15, 0.2) is 4.80 Å². The van der Waals surface area contributed by atoms with Gasteiger partial charge in [0.05, 0.1) is 33.4 Å². The highest BCUT2D eigenvalue weighted by Gasteiger charge is 2.34. The van der Waals surface area contributed by atoms with Crippen molar-refractivity contribution in [3.8, 4) is 11.3 Å². The van der Waals surface area contributed by atoms with Crippen LogP contribution >= 0.6 is 11.3 Å². The Kier molecular flexibility index (Phi) is 8.59. The molecule has 5 rings (SSSR count). The lowest BCUT2D eigenvalue weighted by molar-refractivity contribution is -0.384. The van der Waals surface area contributed by atoms with Gasteiger partial charge in [0.25, 0.3) is 11.2 Å². The second-order valence-electron chi connectivity index (χ2n) is 10.7. The van der Waals surface area contributed by atoms with E-state index in [4.69, 9.17) is 14.1 Å². The van der Waals surface area contributed by atoms with Crippen molar-refractivity contribution in [1.82, 2.24) is 4.57 Å². The quantitative estimate of drug-likeness (QED) is 0.129. The van der Waals surface area contributed by atoms with E-state index < -0.39 is 16.9 Å². The predicted octanol–water partition coefficient (Wildman–Crippen LogP) is 6.18. The molecule has 9 nitrogen and oxygen atoms in total. The first-order chi connectivity index (χ1) is 20.6. The van der Waals surface area contributed by atoms with E-state index in [0.717, 1.165) is 23.1 Å². The lowest BCUT2D eigenvalue weighted by atomic mass is 9.92. The first-order valence-electron chi connectivity index (χ1n) is 14.3. The Morgan fingerprint density at radius 3 is 2.56 bits per heavy atom. The van der Waals surface area contributed by atoms with Crippen LogP contribution in [-0.4, -0.2) is 22.1 Å². The molecule has 0 amide bonds. The van der Waals surface area contributed by atoms with E-state index in [1.54, 1.807) is 35.8 Å². The number of esters is 1. The number of nitro groups is 1. The van der Waals surface area contributed by atoms with Gasteiger partial charge >= 0.3 is 5.97 Å². The number of thiazole rings is 1. The SMILES string of the molecule is CCCC1=C(C(=O)OCC)[C@@H](c2ccc(C(C)C)cc2)n2c(s/c(=C\c3ccc(-c4cc([N+](=O)[O-])ccc4C)o3)c2=O)=N1. The lowest BCUT2D eigenvalue weighted by Crippen LogP contribution is -2.40. The molecule has 0 unspecified atom stereocenters. The van der Waals surface area contributed by atoms with Crippen molar-refractivity contribution < 1.29 is 18.9 Å². The molecule has 4 aromatic rings. The Balaban J connectivity index is 1.66. The molecule has 0 saturated carbocycles. The van der Waals surface area contributed by atoms with Crippen molar-refractivity contribution in [2.75, 3.05) is 6.61 Å². The van der Waals surface area contributed by atoms with Gasteiger partial charge in [-0.1, -0.05) is 68.9 Å². The molecule has 0 N–H and O–H groups in total. The maximum Gasteiger partial charge on any atom is 0.338 e. The van der Waals surface area contributed by atoms with Crippen molar-refractivity contribution in [3.63, 3.8) is 0 Å². The molecule has 43 heavy (non-hydrogen) atoms. The van der Waals surface area contributed by atoms with Crippen LogP contribution < -0.4 is 14.9 Å². The van der Waals surface area contributed by atoms with Crippen LogP contribution in [0.5, 0.6) is 0 Å². The minimum absolute atomic E-state index is 0.0337. The number of aryl methyl sites for hydroxylation is 1. The summed E-state index contributed by atoms with van der Waals surface area (Å²) in [5, 5.41) is 11.3. The third-order valence-electron chi connectivity index (χ3n) is 7.41. The Morgan fingerprint density at radius 1 is 1.16 bits per heavy atom. The van der Waals surface area contributed by atoms with Crippen LogP contribution in [0.1, 0.15) is 74.9 Å². The molecule has 0 bridgehead atoms. The predicted molar refractivity (Wildman–Crippen MR) is 166 cm³/mol.